The van der Waals surface area contributed by atoms with Crippen LogP contribution in [0.25, 0.3) is 6.20 Å². The van der Waals surface area contributed by atoms with Gasteiger partial charge in [-0.25, -0.2) is 4.98 Å². The minimum absolute atomic E-state index is 0. The molecule has 0 bridgehead atoms. The van der Waals surface area contributed by atoms with Crippen LogP contribution < -0.4 is 0 Å². The summed E-state index contributed by atoms with van der Waals surface area (Å²) in [7, 11) is 0. The van der Waals surface area contributed by atoms with Gasteiger partial charge in [-0.05, 0) is 6.92 Å². The summed E-state index contributed by atoms with van der Waals surface area (Å²) in [5.41, 5.74) is 0. The molecule has 1 aromatic rings. The van der Waals surface area contributed by atoms with Crippen molar-refractivity contribution in [1.29, 1.82) is 0 Å². The molecule has 72 valence electrons. The highest BCUT2D eigenvalue weighted by Crippen LogP contribution is 2.12. The molecule has 0 aliphatic heterocycles. The highest BCUT2D eigenvalue weighted by atomic mass is 79.9. The van der Waals surface area contributed by atoms with E-state index >= 15 is 0 Å². The average molecular weight is 247 g/mol. The quantitative estimate of drug-likeness (QED) is 0.885. The van der Waals surface area contributed by atoms with Gasteiger partial charge in [0.15, 0.2) is 0 Å². The fourth-order valence-corrected chi connectivity index (χ4v) is 0.925. The molecule has 1 unspecified atom stereocenters. The Hall–Kier alpha value is -1.10. The molecule has 0 saturated carbocycles. The first-order valence-electron chi connectivity index (χ1n) is 3.55. The maximum Gasteiger partial charge on any atom is 0.313 e. The molecule has 0 aliphatic carbocycles. The fraction of sp³-hybridized carbons (Fsp3) is 0.250. The van der Waals surface area contributed by atoms with E-state index in [0.717, 1.165) is 0 Å². The standard InChI is InChI=1S/C8H10N2O2.BrH/c1-3-10-5-4-9-7(10)6(2)8(11)12;/h3-6H,1H2,2H3,(H,11,12);1H. The number of imidazole rings is 1. The number of aliphatic carboxylic acids is 1. The SMILES string of the molecule is Br.C=Cn1ccnc1C(C)C(=O)O. The number of rotatable bonds is 3. The van der Waals surface area contributed by atoms with E-state index in [1.165, 1.54) is 6.20 Å². The van der Waals surface area contributed by atoms with Gasteiger partial charge in [-0.15, -0.1) is 17.0 Å². The number of hydrogen-bond donors (Lipinski definition) is 1. The second-order valence-electron chi connectivity index (χ2n) is 2.44. The predicted molar refractivity (Wildman–Crippen MR) is 55.0 cm³/mol. The van der Waals surface area contributed by atoms with Gasteiger partial charge in [0, 0.05) is 18.6 Å². The summed E-state index contributed by atoms with van der Waals surface area (Å²) in [5, 5.41) is 8.69. The lowest BCUT2D eigenvalue weighted by Gasteiger charge is -2.05. The van der Waals surface area contributed by atoms with Crippen molar-refractivity contribution in [3.8, 4) is 0 Å². The van der Waals surface area contributed by atoms with Crippen LogP contribution in [0.15, 0.2) is 19.0 Å². The van der Waals surface area contributed by atoms with Crippen LogP contribution in [0.2, 0.25) is 0 Å². The lowest BCUT2D eigenvalue weighted by Crippen LogP contribution is -2.11. The molecule has 0 spiro atoms. The summed E-state index contributed by atoms with van der Waals surface area (Å²) in [4.78, 5) is 14.5. The van der Waals surface area contributed by atoms with Gasteiger partial charge < -0.3 is 9.67 Å². The van der Waals surface area contributed by atoms with Gasteiger partial charge in [0.2, 0.25) is 0 Å². The van der Waals surface area contributed by atoms with E-state index in [2.05, 4.69) is 11.6 Å². The molecule has 1 N–H and O–H groups in total. The summed E-state index contributed by atoms with van der Waals surface area (Å²) < 4.78 is 1.60. The summed E-state index contributed by atoms with van der Waals surface area (Å²) in [6.07, 6.45) is 4.75. The van der Waals surface area contributed by atoms with Crippen LogP contribution in [-0.2, 0) is 4.79 Å². The number of carbonyl (C=O) groups is 1. The van der Waals surface area contributed by atoms with Crippen molar-refractivity contribution in [2.24, 2.45) is 0 Å². The second-order valence-corrected chi connectivity index (χ2v) is 2.44. The molecule has 0 radical (unpaired) electrons. The van der Waals surface area contributed by atoms with Crippen LogP contribution in [0, 0.1) is 0 Å². The van der Waals surface area contributed by atoms with Gasteiger partial charge in [-0.3, -0.25) is 4.79 Å². The Labute approximate surface area is 86.7 Å². The Morgan fingerprint density at radius 2 is 2.46 bits per heavy atom. The Morgan fingerprint density at radius 3 is 2.92 bits per heavy atom. The zero-order valence-electron chi connectivity index (χ0n) is 7.17. The van der Waals surface area contributed by atoms with Gasteiger partial charge in [0.25, 0.3) is 0 Å². The first-order valence-corrected chi connectivity index (χ1v) is 3.55. The van der Waals surface area contributed by atoms with Crippen LogP contribution in [0.5, 0.6) is 0 Å². The van der Waals surface area contributed by atoms with Gasteiger partial charge in [-0.1, -0.05) is 6.58 Å². The Balaban J connectivity index is 0.00000144. The van der Waals surface area contributed by atoms with Crippen molar-refractivity contribution in [3.63, 3.8) is 0 Å². The largest absolute Gasteiger partial charge is 0.481 e. The van der Waals surface area contributed by atoms with E-state index in [0.29, 0.717) is 5.82 Å². The Kier molecular flexibility index (Phi) is 4.40. The first kappa shape index (κ1) is 11.9. The van der Waals surface area contributed by atoms with Crippen molar-refractivity contribution >= 4 is 29.2 Å². The number of nitrogens with zero attached hydrogens (tertiary/aromatic N) is 2. The number of aromatic nitrogens is 2. The molecule has 0 saturated heterocycles. The molecule has 0 amide bonds. The first-order chi connectivity index (χ1) is 5.66. The van der Waals surface area contributed by atoms with Gasteiger partial charge >= 0.3 is 5.97 Å². The fourth-order valence-electron chi connectivity index (χ4n) is 0.925. The van der Waals surface area contributed by atoms with E-state index in [4.69, 9.17) is 5.11 Å². The third kappa shape index (κ3) is 2.42. The molecule has 1 atom stereocenters. The summed E-state index contributed by atoms with van der Waals surface area (Å²) in [5.74, 6) is -0.986. The van der Waals surface area contributed by atoms with Crippen LogP contribution in [0.3, 0.4) is 0 Å². The molecular weight excluding hydrogens is 236 g/mol. The third-order valence-corrected chi connectivity index (χ3v) is 1.65. The molecule has 1 rings (SSSR count). The number of halogens is 1. The lowest BCUT2D eigenvalue weighted by molar-refractivity contribution is -0.138. The van der Waals surface area contributed by atoms with Crippen molar-refractivity contribution in [2.45, 2.75) is 12.8 Å². The van der Waals surface area contributed by atoms with E-state index in [9.17, 15) is 4.79 Å². The number of carboxylic acid groups (broad SMARTS) is 1. The van der Waals surface area contributed by atoms with E-state index in [1.807, 2.05) is 0 Å². The van der Waals surface area contributed by atoms with Gasteiger partial charge in [-0.2, -0.15) is 0 Å². The molecular formula is C8H11BrN2O2. The highest BCUT2D eigenvalue weighted by molar-refractivity contribution is 8.93. The van der Waals surface area contributed by atoms with Crippen molar-refractivity contribution in [1.82, 2.24) is 9.55 Å². The molecule has 13 heavy (non-hydrogen) atoms. The smallest absolute Gasteiger partial charge is 0.313 e. The Morgan fingerprint density at radius 1 is 1.85 bits per heavy atom. The average Bonchev–Trinajstić information content (AvgIpc) is 2.49. The molecule has 0 aromatic carbocycles. The lowest BCUT2D eigenvalue weighted by atomic mass is 10.2. The highest BCUT2D eigenvalue weighted by Gasteiger charge is 2.17. The van der Waals surface area contributed by atoms with Crippen molar-refractivity contribution in [3.05, 3.63) is 24.8 Å². The molecule has 5 heteroatoms. The molecule has 0 aliphatic rings. The van der Waals surface area contributed by atoms with Crippen LogP contribution in [-0.4, -0.2) is 20.6 Å². The maximum absolute atomic E-state index is 10.6. The van der Waals surface area contributed by atoms with Crippen molar-refractivity contribution in [2.75, 3.05) is 0 Å². The molecule has 4 nitrogen and oxygen atoms in total. The minimum atomic E-state index is -0.885. The van der Waals surface area contributed by atoms with Crippen LogP contribution in [0.1, 0.15) is 18.7 Å². The summed E-state index contributed by atoms with van der Waals surface area (Å²) >= 11 is 0. The van der Waals surface area contributed by atoms with Crippen LogP contribution >= 0.6 is 17.0 Å². The normalized spacial score (nSPS) is 11.5. The monoisotopic (exact) mass is 246 g/mol. The molecule has 1 heterocycles. The topological polar surface area (TPSA) is 55.1 Å². The minimum Gasteiger partial charge on any atom is -0.481 e. The Bertz CT molecular complexity index is 309. The summed E-state index contributed by atoms with van der Waals surface area (Å²) in [6, 6.07) is 0. The third-order valence-electron chi connectivity index (χ3n) is 1.65. The van der Waals surface area contributed by atoms with E-state index in [-0.39, 0.29) is 17.0 Å². The molecule has 1 aromatic heterocycles. The second kappa shape index (κ2) is 4.81. The zero-order valence-corrected chi connectivity index (χ0v) is 8.89. The van der Waals surface area contributed by atoms with Gasteiger partial charge in [0.05, 0.1) is 0 Å². The van der Waals surface area contributed by atoms with Gasteiger partial charge in [0.1, 0.15) is 11.7 Å². The predicted octanol–water partition coefficient (Wildman–Crippen LogP) is 1.75. The summed E-state index contributed by atoms with van der Waals surface area (Å²) in [6.45, 7) is 5.12. The molecule has 0 fully saturated rings. The van der Waals surface area contributed by atoms with Crippen molar-refractivity contribution < 1.29 is 9.90 Å². The number of hydrogen-bond acceptors (Lipinski definition) is 2. The van der Waals surface area contributed by atoms with Crippen LogP contribution in [0.4, 0.5) is 0 Å². The number of carboxylic acids is 1. The maximum atomic E-state index is 10.6. The zero-order chi connectivity index (χ0) is 9.14. The van der Waals surface area contributed by atoms with E-state index in [1.54, 1.807) is 23.9 Å². The van der Waals surface area contributed by atoms with E-state index < -0.39 is 11.9 Å².